The van der Waals surface area contributed by atoms with Crippen molar-refractivity contribution in [3.8, 4) is 0 Å². The van der Waals surface area contributed by atoms with Gasteiger partial charge in [0.15, 0.2) is 0 Å². The van der Waals surface area contributed by atoms with Crippen LogP contribution in [0.15, 0.2) is 0 Å². The molecule has 200 valence electrons. The molecule has 3 unspecified atom stereocenters. The Morgan fingerprint density at radius 2 is 0.750 bits per heavy atom. The fraction of sp³-hybridized carbons (Fsp3) is 0.929. The molecular formula is C28H54Cl2Pd2. The van der Waals surface area contributed by atoms with Gasteiger partial charge in [0.1, 0.15) is 0 Å². The molecule has 4 heteroatoms. The molecule has 0 nitrogen and oxygen atoms in total. The predicted molar refractivity (Wildman–Crippen MR) is 140 cm³/mol. The number of fused-ring (bicyclic) bond motifs is 2. The Kier molecular flexibility index (Phi) is 19.6. The van der Waals surface area contributed by atoms with Gasteiger partial charge in [-0.2, -0.15) is 0 Å². The topological polar surface area (TPSA) is 0 Å². The molecule has 0 aromatic carbocycles. The van der Waals surface area contributed by atoms with Gasteiger partial charge in [0.2, 0.25) is 0 Å². The third kappa shape index (κ3) is 10.5. The zero-order valence-electron chi connectivity index (χ0n) is 22.3. The Morgan fingerprint density at radius 1 is 0.469 bits per heavy atom. The van der Waals surface area contributed by atoms with Crippen LogP contribution in [0.2, 0.25) is 0 Å². The van der Waals surface area contributed by atoms with Gasteiger partial charge < -0.3 is 14.9 Å². The van der Waals surface area contributed by atoms with E-state index in [1.54, 1.807) is 0 Å². The van der Waals surface area contributed by atoms with Gasteiger partial charge in [0, 0.05) is 0 Å². The molecule has 0 aromatic heterocycles. The average Bonchev–Trinajstić information content (AvgIpc) is 3.35. The molecule has 0 aliphatic heterocycles. The molecule has 0 aromatic rings. The summed E-state index contributed by atoms with van der Waals surface area (Å²) in [7, 11) is 8.98. The van der Waals surface area contributed by atoms with Gasteiger partial charge in [-0.05, 0) is 84.9 Å². The summed E-state index contributed by atoms with van der Waals surface area (Å²) in [4.78, 5) is 0. The third-order valence-electron chi connectivity index (χ3n) is 8.89. The van der Waals surface area contributed by atoms with Gasteiger partial charge in [-0.15, -0.1) is 0 Å². The quantitative estimate of drug-likeness (QED) is 0.177. The zero-order valence-corrected chi connectivity index (χ0v) is 27.0. The van der Waals surface area contributed by atoms with Crippen molar-refractivity contribution in [3.05, 3.63) is 14.9 Å². The summed E-state index contributed by atoms with van der Waals surface area (Å²) in [5.41, 5.74) is 1.13. The van der Waals surface area contributed by atoms with Crippen molar-refractivity contribution in [2.75, 3.05) is 0 Å². The van der Waals surface area contributed by atoms with Crippen molar-refractivity contribution in [1.82, 2.24) is 0 Å². The second kappa shape index (κ2) is 17.4. The first-order valence-electron chi connectivity index (χ1n) is 12.4. The number of hydrogen-bond donors (Lipinski definition) is 0. The van der Waals surface area contributed by atoms with Crippen LogP contribution in [0.5, 0.6) is 0 Å². The van der Waals surface area contributed by atoms with Crippen molar-refractivity contribution in [1.29, 1.82) is 0 Å². The molecule has 6 atom stereocenters. The van der Waals surface area contributed by atoms with Crippen molar-refractivity contribution in [3.63, 3.8) is 0 Å². The van der Waals surface area contributed by atoms with Crippen LogP contribution in [0.3, 0.4) is 0 Å². The summed E-state index contributed by atoms with van der Waals surface area (Å²) in [6.07, 6.45) is 18.3. The molecule has 4 rings (SSSR count). The van der Waals surface area contributed by atoms with E-state index >= 15 is 0 Å². The molecule has 4 aliphatic carbocycles. The molecule has 4 saturated carbocycles. The van der Waals surface area contributed by atoms with E-state index < -0.39 is 0 Å². The third-order valence-corrected chi connectivity index (χ3v) is 8.89. The summed E-state index contributed by atoms with van der Waals surface area (Å²) in [5.74, 6) is 6.45. The Morgan fingerprint density at radius 3 is 1.03 bits per heavy atom. The molecule has 4 aliphatic rings. The van der Waals surface area contributed by atoms with Crippen molar-refractivity contribution < 1.29 is 36.4 Å². The Hall–Kier alpha value is 1.90. The van der Waals surface area contributed by atoms with Gasteiger partial charge in [-0.25, -0.2) is 0 Å². The Balaban J connectivity index is 0. The average molecular weight is 674 g/mol. The van der Waals surface area contributed by atoms with Gasteiger partial charge in [-0.1, -0.05) is 80.1 Å². The van der Waals surface area contributed by atoms with Crippen LogP contribution in [0.4, 0.5) is 0 Å². The van der Waals surface area contributed by atoms with Crippen LogP contribution in [0.25, 0.3) is 0 Å². The molecule has 0 bridgehead atoms. The summed E-state index contributed by atoms with van der Waals surface area (Å²) >= 11 is 4.44. The second-order valence-electron chi connectivity index (χ2n) is 12.5. The van der Waals surface area contributed by atoms with Crippen LogP contribution >= 0.6 is 19.1 Å². The number of rotatable bonds is 0. The fourth-order valence-corrected chi connectivity index (χ4v) is 7.61. The molecule has 32 heavy (non-hydrogen) atoms. The van der Waals surface area contributed by atoms with Crippen molar-refractivity contribution >= 4 is 19.1 Å². The summed E-state index contributed by atoms with van der Waals surface area (Å²) in [6, 6.07) is 0. The SMILES string of the molecule is CC(C)(C)C1CCC2CCCCC21.CC(C)(C)[C@@H]1CC[C@H]2CCCC[C@H]21.[CH3-].[CH3-].[Cl][Pd+].[Cl][Pd+]. The van der Waals surface area contributed by atoms with Gasteiger partial charge in [0.05, 0.1) is 0 Å². The van der Waals surface area contributed by atoms with E-state index in [0.29, 0.717) is 10.8 Å². The normalized spacial score (nSPS) is 33.2. The Bertz CT molecular complexity index is 413. The van der Waals surface area contributed by atoms with Gasteiger partial charge in [0.25, 0.3) is 0 Å². The van der Waals surface area contributed by atoms with Crippen molar-refractivity contribution in [2.45, 2.75) is 119 Å². The minimum absolute atomic E-state index is 0. The maximum atomic E-state index is 4.49. The molecule has 0 radical (unpaired) electrons. The van der Waals surface area contributed by atoms with Gasteiger partial charge in [-0.3, -0.25) is 0 Å². The van der Waals surface area contributed by atoms with Crippen LogP contribution in [-0.2, 0) is 36.4 Å². The first-order chi connectivity index (χ1) is 14.2. The van der Waals surface area contributed by atoms with E-state index in [2.05, 4.69) is 97.0 Å². The van der Waals surface area contributed by atoms with E-state index in [9.17, 15) is 0 Å². The molecular weight excluding hydrogens is 620 g/mol. The second-order valence-corrected chi connectivity index (χ2v) is 12.5. The number of halogens is 2. The molecule has 0 saturated heterocycles. The molecule has 4 fully saturated rings. The van der Waals surface area contributed by atoms with Gasteiger partial charge >= 0.3 is 55.4 Å². The maximum absolute atomic E-state index is 4.49. The first-order valence-corrected chi connectivity index (χ1v) is 16.4. The Labute approximate surface area is 233 Å². The predicted octanol–water partition coefficient (Wildman–Crippen LogP) is 10.8. The van der Waals surface area contributed by atoms with Crippen LogP contribution in [-0.4, -0.2) is 0 Å². The fourth-order valence-electron chi connectivity index (χ4n) is 7.61. The first kappa shape index (κ1) is 36.1. The standard InChI is InChI=1S/2C13H24.2CH3.2ClH.2Pd/c2*1-13(2,3)12-9-8-10-6-4-5-7-11(10)12;;;;;;/h2*10-12H,4-9H2,1-3H3;2*1H3;2*1H;;/q;;2*-1;;;2*+2/p-2/t10-,11-,12-;;;;;;;/m1......./s1. The monoisotopic (exact) mass is 672 g/mol. The van der Waals surface area contributed by atoms with Crippen LogP contribution in [0, 0.1) is 61.2 Å². The van der Waals surface area contributed by atoms with Crippen LogP contribution in [0.1, 0.15) is 119 Å². The molecule has 0 heterocycles. The molecule has 0 amide bonds. The zero-order chi connectivity index (χ0) is 22.9. The van der Waals surface area contributed by atoms with E-state index in [0.717, 1.165) is 35.5 Å². The van der Waals surface area contributed by atoms with E-state index in [-0.39, 0.29) is 14.9 Å². The van der Waals surface area contributed by atoms with Crippen molar-refractivity contribution in [2.24, 2.45) is 46.3 Å². The van der Waals surface area contributed by atoms with Crippen LogP contribution < -0.4 is 0 Å². The summed E-state index contributed by atoms with van der Waals surface area (Å²) in [5, 5.41) is 0. The summed E-state index contributed by atoms with van der Waals surface area (Å²) in [6.45, 7) is 14.6. The number of hydrogen-bond acceptors (Lipinski definition) is 0. The minimum atomic E-state index is 0. The molecule has 0 spiro atoms. The van der Waals surface area contributed by atoms with E-state index in [1.165, 1.54) is 77.0 Å². The van der Waals surface area contributed by atoms with E-state index in [4.69, 9.17) is 0 Å². The van der Waals surface area contributed by atoms with E-state index in [1.807, 2.05) is 0 Å². The summed E-state index contributed by atoms with van der Waals surface area (Å²) < 4.78 is 0. The molecule has 0 N–H and O–H groups in total.